The molecule has 1 heterocycles. The maximum Gasteiger partial charge on any atom is 0.193 e. The Bertz CT molecular complexity index is 590. The molecule has 0 bridgehead atoms. The fourth-order valence-corrected chi connectivity index (χ4v) is 3.94. The van der Waals surface area contributed by atoms with Gasteiger partial charge in [-0.1, -0.05) is 19.1 Å². The number of aryl methyl sites for hydroxylation is 1. The summed E-state index contributed by atoms with van der Waals surface area (Å²) in [7, 11) is 0. The number of likely N-dealkylation sites (N-methyl/N-ethyl adjacent to an activating group) is 1. The Balaban J connectivity index is 1.54. The van der Waals surface area contributed by atoms with Crippen LogP contribution in [-0.2, 0) is 12.8 Å². The number of hydrogen-bond acceptors (Lipinski definition) is 3. The minimum absolute atomic E-state index is 0.434. The molecule has 5 nitrogen and oxygen atoms in total. The van der Waals surface area contributed by atoms with E-state index in [4.69, 9.17) is 5.73 Å². The smallest absolute Gasteiger partial charge is 0.193 e. The molecule has 1 aromatic carbocycles. The van der Waals surface area contributed by atoms with Gasteiger partial charge in [0, 0.05) is 37.9 Å². The van der Waals surface area contributed by atoms with Crippen LogP contribution in [0.5, 0.6) is 0 Å². The van der Waals surface area contributed by atoms with Crippen LogP contribution in [0.1, 0.15) is 37.8 Å². The molecule has 3 rings (SSSR count). The minimum atomic E-state index is 0.434. The Hall–Kier alpha value is -1.59. The van der Waals surface area contributed by atoms with E-state index in [1.165, 1.54) is 30.4 Å². The van der Waals surface area contributed by atoms with Crippen LogP contribution in [0.3, 0.4) is 0 Å². The molecule has 0 aromatic heterocycles. The molecular formula is C20H33N5. The molecule has 0 amide bonds. The van der Waals surface area contributed by atoms with Crippen LogP contribution < -0.4 is 11.1 Å². The Morgan fingerprint density at radius 1 is 1.20 bits per heavy atom. The molecular weight excluding hydrogens is 310 g/mol. The van der Waals surface area contributed by atoms with Crippen molar-refractivity contribution in [3.63, 3.8) is 0 Å². The third kappa shape index (κ3) is 4.73. The lowest BCUT2D eigenvalue weighted by Gasteiger charge is -2.37. The van der Waals surface area contributed by atoms with Crippen molar-refractivity contribution in [3.8, 4) is 0 Å². The number of rotatable bonds is 5. The number of guanidine groups is 1. The summed E-state index contributed by atoms with van der Waals surface area (Å²) in [5.41, 5.74) is 10.2. The van der Waals surface area contributed by atoms with Crippen molar-refractivity contribution >= 4 is 11.6 Å². The zero-order valence-electron chi connectivity index (χ0n) is 15.8. The van der Waals surface area contributed by atoms with Gasteiger partial charge in [-0.05, 0) is 56.3 Å². The van der Waals surface area contributed by atoms with Gasteiger partial charge in [0.1, 0.15) is 0 Å². The van der Waals surface area contributed by atoms with Gasteiger partial charge in [-0.15, -0.1) is 0 Å². The first kappa shape index (κ1) is 18.2. The normalized spacial score (nSPS) is 21.0. The molecule has 1 atom stereocenters. The number of fused-ring (bicyclic) bond motifs is 1. The first-order valence-electron chi connectivity index (χ1n) is 9.81. The fraction of sp³-hybridized carbons (Fsp3) is 0.650. The molecule has 3 N–H and O–H groups in total. The van der Waals surface area contributed by atoms with Crippen LogP contribution in [-0.4, -0.2) is 61.1 Å². The molecule has 1 aliphatic carbocycles. The van der Waals surface area contributed by atoms with Crippen molar-refractivity contribution in [3.05, 3.63) is 29.3 Å². The Labute approximate surface area is 152 Å². The van der Waals surface area contributed by atoms with Gasteiger partial charge in [0.15, 0.2) is 5.96 Å². The van der Waals surface area contributed by atoms with E-state index in [1.54, 1.807) is 0 Å². The summed E-state index contributed by atoms with van der Waals surface area (Å²) in [5, 5.41) is 3.35. The molecule has 25 heavy (non-hydrogen) atoms. The quantitative estimate of drug-likeness (QED) is 0.636. The van der Waals surface area contributed by atoms with Crippen LogP contribution >= 0.6 is 0 Å². The van der Waals surface area contributed by atoms with E-state index in [2.05, 4.69) is 52.2 Å². The van der Waals surface area contributed by atoms with Gasteiger partial charge >= 0.3 is 0 Å². The average molecular weight is 344 g/mol. The zero-order valence-corrected chi connectivity index (χ0v) is 15.8. The molecule has 138 valence electrons. The van der Waals surface area contributed by atoms with Crippen molar-refractivity contribution in [1.82, 2.24) is 9.80 Å². The highest BCUT2D eigenvalue weighted by molar-refractivity contribution is 5.93. The summed E-state index contributed by atoms with van der Waals surface area (Å²) >= 11 is 0. The van der Waals surface area contributed by atoms with Gasteiger partial charge in [-0.25, -0.2) is 0 Å². The third-order valence-corrected chi connectivity index (χ3v) is 5.66. The second kappa shape index (κ2) is 8.68. The lowest BCUT2D eigenvalue weighted by Crippen LogP contribution is -2.50. The molecule has 0 radical (unpaired) electrons. The van der Waals surface area contributed by atoms with E-state index in [0.29, 0.717) is 12.0 Å². The molecule has 1 aromatic rings. The first-order chi connectivity index (χ1) is 12.2. The number of aliphatic imine (C=N–C) groups is 1. The monoisotopic (exact) mass is 343 g/mol. The van der Waals surface area contributed by atoms with Gasteiger partial charge in [-0.2, -0.15) is 0 Å². The fourth-order valence-electron chi connectivity index (χ4n) is 3.94. The van der Waals surface area contributed by atoms with E-state index in [-0.39, 0.29) is 0 Å². The second-order valence-corrected chi connectivity index (χ2v) is 7.32. The lowest BCUT2D eigenvalue weighted by molar-refractivity contribution is 0.109. The van der Waals surface area contributed by atoms with E-state index < -0.39 is 0 Å². The molecule has 0 saturated carbocycles. The maximum atomic E-state index is 6.17. The Morgan fingerprint density at radius 3 is 2.72 bits per heavy atom. The lowest BCUT2D eigenvalue weighted by atomic mass is 9.90. The molecule has 1 aliphatic heterocycles. The van der Waals surface area contributed by atoms with E-state index >= 15 is 0 Å². The Morgan fingerprint density at radius 2 is 1.96 bits per heavy atom. The molecule has 1 fully saturated rings. The average Bonchev–Trinajstić information content (AvgIpc) is 2.66. The van der Waals surface area contributed by atoms with Gasteiger partial charge in [0.05, 0.1) is 6.54 Å². The summed E-state index contributed by atoms with van der Waals surface area (Å²) in [6.45, 7) is 11.0. The van der Waals surface area contributed by atoms with E-state index in [9.17, 15) is 0 Å². The number of piperazine rings is 1. The molecule has 0 spiro atoms. The first-order valence-corrected chi connectivity index (χ1v) is 9.81. The second-order valence-electron chi connectivity index (χ2n) is 7.32. The van der Waals surface area contributed by atoms with Gasteiger partial charge in [-0.3, -0.25) is 9.89 Å². The van der Waals surface area contributed by atoms with E-state index in [1.807, 2.05) is 0 Å². The topological polar surface area (TPSA) is 56.9 Å². The predicted molar refractivity (Wildman–Crippen MR) is 106 cm³/mol. The van der Waals surface area contributed by atoms with Gasteiger partial charge in [0.25, 0.3) is 0 Å². The number of nitrogens with one attached hydrogen (secondary N) is 1. The maximum absolute atomic E-state index is 6.17. The largest absolute Gasteiger partial charge is 0.370 e. The molecule has 1 saturated heterocycles. The predicted octanol–water partition coefficient (Wildman–Crippen LogP) is 2.32. The SMILES string of the molecule is CCN1CCN(C(C)CN=C(N)Nc2cccc3c2CCCC3)CC1. The summed E-state index contributed by atoms with van der Waals surface area (Å²) in [6.07, 6.45) is 4.89. The number of nitrogens with zero attached hydrogens (tertiary/aromatic N) is 3. The van der Waals surface area contributed by atoms with Crippen molar-refractivity contribution in [2.45, 2.75) is 45.6 Å². The number of hydrogen-bond donors (Lipinski definition) is 2. The number of nitrogens with two attached hydrogens (primary N) is 1. The van der Waals surface area contributed by atoms with Crippen molar-refractivity contribution in [1.29, 1.82) is 0 Å². The van der Waals surface area contributed by atoms with Crippen LogP contribution in [0, 0.1) is 0 Å². The van der Waals surface area contributed by atoms with Gasteiger partial charge < -0.3 is 16.0 Å². The summed E-state index contributed by atoms with van der Waals surface area (Å²) in [4.78, 5) is 9.63. The van der Waals surface area contributed by atoms with Crippen LogP contribution in [0.15, 0.2) is 23.2 Å². The van der Waals surface area contributed by atoms with Crippen molar-refractivity contribution in [2.24, 2.45) is 10.7 Å². The van der Waals surface area contributed by atoms with Crippen LogP contribution in [0.4, 0.5) is 5.69 Å². The number of benzene rings is 1. The summed E-state index contributed by atoms with van der Waals surface area (Å²) < 4.78 is 0. The molecule has 1 unspecified atom stereocenters. The Kier molecular flexibility index (Phi) is 6.32. The van der Waals surface area contributed by atoms with Crippen molar-refractivity contribution < 1.29 is 0 Å². The molecule has 5 heteroatoms. The van der Waals surface area contributed by atoms with Crippen LogP contribution in [0.25, 0.3) is 0 Å². The zero-order chi connectivity index (χ0) is 17.6. The standard InChI is InChI=1S/C20H33N5/c1-3-24-11-13-25(14-12-24)16(2)15-22-20(21)23-19-10-6-8-17-7-4-5-9-18(17)19/h6,8,10,16H,3-5,7,9,11-15H2,1-2H3,(H3,21,22,23). The highest BCUT2D eigenvalue weighted by Gasteiger charge is 2.20. The highest BCUT2D eigenvalue weighted by atomic mass is 15.3. The highest BCUT2D eigenvalue weighted by Crippen LogP contribution is 2.27. The van der Waals surface area contributed by atoms with Gasteiger partial charge in [0.2, 0.25) is 0 Å². The minimum Gasteiger partial charge on any atom is -0.370 e. The molecule has 2 aliphatic rings. The third-order valence-electron chi connectivity index (χ3n) is 5.66. The van der Waals surface area contributed by atoms with Crippen LogP contribution in [0.2, 0.25) is 0 Å². The van der Waals surface area contributed by atoms with Crippen molar-refractivity contribution in [2.75, 3.05) is 44.6 Å². The summed E-state index contributed by atoms with van der Waals surface area (Å²) in [5.74, 6) is 0.540. The number of anilines is 1. The van der Waals surface area contributed by atoms with E-state index in [0.717, 1.165) is 51.4 Å². The summed E-state index contributed by atoms with van der Waals surface area (Å²) in [6, 6.07) is 6.92.